The summed E-state index contributed by atoms with van der Waals surface area (Å²) < 4.78 is 5.46. The summed E-state index contributed by atoms with van der Waals surface area (Å²) in [4.78, 5) is 34.8. The van der Waals surface area contributed by atoms with Crippen molar-refractivity contribution in [1.29, 1.82) is 0 Å². The molecule has 0 fully saturated rings. The van der Waals surface area contributed by atoms with E-state index in [0.717, 1.165) is 46.0 Å². The number of hydrogen-bond acceptors (Lipinski definition) is 6. The van der Waals surface area contributed by atoms with Gasteiger partial charge in [0.2, 0.25) is 0 Å². The summed E-state index contributed by atoms with van der Waals surface area (Å²) >= 11 is 3.10. The minimum absolute atomic E-state index is 0.0537. The second kappa shape index (κ2) is 7.95. The van der Waals surface area contributed by atoms with Crippen LogP contribution in [0.2, 0.25) is 0 Å². The Balaban J connectivity index is 1.52. The second-order valence-corrected chi connectivity index (χ2v) is 10.5. The number of thiophene rings is 1. The number of rotatable bonds is 4. The number of benzene rings is 1. The SMILES string of the molecule is Cc1cc2oc(=O)cc(CSc3nc4sc5c(c4c(=O)[nH]3)CCCC5)c2cc1C(C)C. The summed E-state index contributed by atoms with van der Waals surface area (Å²) in [6, 6.07) is 5.62. The lowest BCUT2D eigenvalue weighted by molar-refractivity contribution is 0.559. The van der Waals surface area contributed by atoms with Gasteiger partial charge in [-0.05, 0) is 72.9 Å². The quantitative estimate of drug-likeness (QED) is 0.244. The molecule has 1 aliphatic carbocycles. The summed E-state index contributed by atoms with van der Waals surface area (Å²) in [5, 5.41) is 2.30. The van der Waals surface area contributed by atoms with Gasteiger partial charge in [-0.25, -0.2) is 9.78 Å². The molecule has 7 heteroatoms. The minimum atomic E-state index is -0.359. The van der Waals surface area contributed by atoms with Gasteiger partial charge in [-0.3, -0.25) is 4.79 Å². The zero-order chi connectivity index (χ0) is 21.7. The summed E-state index contributed by atoms with van der Waals surface area (Å²) in [7, 11) is 0. The molecule has 4 aromatic rings. The van der Waals surface area contributed by atoms with E-state index < -0.39 is 0 Å². The van der Waals surface area contributed by atoms with E-state index in [1.807, 2.05) is 13.0 Å². The fourth-order valence-electron chi connectivity index (χ4n) is 4.49. The van der Waals surface area contributed by atoms with E-state index in [1.165, 1.54) is 34.2 Å². The normalized spacial score (nSPS) is 13.9. The Morgan fingerprint density at radius 2 is 2.00 bits per heavy atom. The van der Waals surface area contributed by atoms with Gasteiger partial charge in [-0.2, -0.15) is 0 Å². The highest BCUT2D eigenvalue weighted by atomic mass is 32.2. The molecule has 1 N–H and O–H groups in total. The van der Waals surface area contributed by atoms with Crippen molar-refractivity contribution in [3.8, 4) is 0 Å². The van der Waals surface area contributed by atoms with Crippen LogP contribution in [0.4, 0.5) is 0 Å². The average Bonchev–Trinajstić information content (AvgIpc) is 3.10. The Morgan fingerprint density at radius 1 is 1.19 bits per heavy atom. The van der Waals surface area contributed by atoms with Crippen molar-refractivity contribution in [2.24, 2.45) is 0 Å². The number of aromatic amines is 1. The molecule has 0 amide bonds. The van der Waals surface area contributed by atoms with Crippen LogP contribution < -0.4 is 11.2 Å². The molecule has 0 unspecified atom stereocenters. The minimum Gasteiger partial charge on any atom is -0.423 e. The van der Waals surface area contributed by atoms with Crippen molar-refractivity contribution in [3.05, 3.63) is 66.1 Å². The Morgan fingerprint density at radius 3 is 2.81 bits per heavy atom. The van der Waals surface area contributed by atoms with E-state index >= 15 is 0 Å². The number of thioether (sulfide) groups is 1. The number of hydrogen-bond donors (Lipinski definition) is 1. The molecule has 3 heterocycles. The van der Waals surface area contributed by atoms with Crippen LogP contribution in [0.25, 0.3) is 21.2 Å². The monoisotopic (exact) mass is 452 g/mol. The zero-order valence-corrected chi connectivity index (χ0v) is 19.5. The van der Waals surface area contributed by atoms with Crippen molar-refractivity contribution < 1.29 is 4.42 Å². The number of nitrogens with one attached hydrogen (secondary N) is 1. The standard InChI is InChI=1S/C24H24N2O3S2/c1-12(2)16-10-17-14(9-20(27)29-18(17)8-13(16)3)11-30-24-25-22(28)21-15-6-4-5-7-19(15)31-23(21)26-24/h8-10,12H,4-7,11H2,1-3H3,(H,25,26,28). The van der Waals surface area contributed by atoms with Crippen LogP contribution in [-0.2, 0) is 18.6 Å². The van der Waals surface area contributed by atoms with E-state index in [1.54, 1.807) is 17.4 Å². The molecule has 0 radical (unpaired) electrons. The van der Waals surface area contributed by atoms with E-state index in [-0.39, 0.29) is 11.2 Å². The summed E-state index contributed by atoms with van der Waals surface area (Å²) in [6.07, 6.45) is 4.33. The first-order valence-electron chi connectivity index (χ1n) is 10.7. The van der Waals surface area contributed by atoms with E-state index in [2.05, 4.69) is 24.9 Å². The first-order valence-corrected chi connectivity index (χ1v) is 12.5. The van der Waals surface area contributed by atoms with Gasteiger partial charge < -0.3 is 9.40 Å². The topological polar surface area (TPSA) is 76.0 Å². The third kappa shape index (κ3) is 3.74. The van der Waals surface area contributed by atoms with Crippen molar-refractivity contribution >= 4 is 44.3 Å². The maximum absolute atomic E-state index is 12.8. The molecule has 31 heavy (non-hydrogen) atoms. The highest BCUT2D eigenvalue weighted by Gasteiger charge is 2.20. The molecule has 0 aliphatic heterocycles. The highest BCUT2D eigenvalue weighted by molar-refractivity contribution is 7.98. The fourth-order valence-corrected chi connectivity index (χ4v) is 6.66. The van der Waals surface area contributed by atoms with Crippen molar-refractivity contribution in [1.82, 2.24) is 9.97 Å². The molecular weight excluding hydrogens is 428 g/mol. The lowest BCUT2D eigenvalue weighted by Gasteiger charge is -2.13. The van der Waals surface area contributed by atoms with Crippen molar-refractivity contribution in [2.45, 2.75) is 63.3 Å². The lowest BCUT2D eigenvalue weighted by Crippen LogP contribution is -2.11. The maximum atomic E-state index is 12.8. The molecule has 1 aromatic carbocycles. The molecule has 0 saturated carbocycles. The van der Waals surface area contributed by atoms with Crippen molar-refractivity contribution in [3.63, 3.8) is 0 Å². The Labute approximate surface area is 187 Å². The summed E-state index contributed by atoms with van der Waals surface area (Å²) in [6.45, 7) is 6.36. The molecule has 1 aliphatic rings. The molecular formula is C24H24N2O3S2. The Bertz CT molecular complexity index is 1430. The lowest BCUT2D eigenvalue weighted by atomic mass is 9.95. The van der Waals surface area contributed by atoms with Crippen LogP contribution >= 0.6 is 23.1 Å². The molecule has 5 nitrogen and oxygen atoms in total. The number of nitrogens with zero attached hydrogens (tertiary/aromatic N) is 1. The van der Waals surface area contributed by atoms with Gasteiger partial charge in [-0.15, -0.1) is 11.3 Å². The predicted molar refractivity (Wildman–Crippen MR) is 128 cm³/mol. The van der Waals surface area contributed by atoms with E-state index in [0.29, 0.717) is 22.4 Å². The van der Waals surface area contributed by atoms with Gasteiger partial charge in [0.25, 0.3) is 5.56 Å². The highest BCUT2D eigenvalue weighted by Crippen LogP contribution is 2.35. The number of fused-ring (bicyclic) bond motifs is 4. The van der Waals surface area contributed by atoms with Gasteiger partial charge >= 0.3 is 5.63 Å². The number of aryl methyl sites for hydroxylation is 3. The van der Waals surface area contributed by atoms with Crippen LogP contribution in [0, 0.1) is 6.92 Å². The van der Waals surface area contributed by atoms with E-state index in [4.69, 9.17) is 9.40 Å². The van der Waals surface area contributed by atoms with Crippen LogP contribution in [0.5, 0.6) is 0 Å². The molecule has 0 atom stereocenters. The zero-order valence-electron chi connectivity index (χ0n) is 17.8. The van der Waals surface area contributed by atoms with Crippen molar-refractivity contribution in [2.75, 3.05) is 0 Å². The summed E-state index contributed by atoms with van der Waals surface area (Å²) in [5.74, 6) is 0.907. The third-order valence-corrected chi connectivity index (χ3v) is 8.11. The molecule has 3 aromatic heterocycles. The Hall–Kier alpha value is -2.38. The van der Waals surface area contributed by atoms with E-state index in [9.17, 15) is 9.59 Å². The van der Waals surface area contributed by atoms with Gasteiger partial charge in [-0.1, -0.05) is 25.6 Å². The Kier molecular flexibility index (Phi) is 5.26. The number of H-pyrrole nitrogens is 1. The number of aromatic nitrogens is 2. The first-order chi connectivity index (χ1) is 14.9. The molecule has 160 valence electrons. The van der Waals surface area contributed by atoms with Crippen LogP contribution in [0.15, 0.2) is 37.4 Å². The van der Waals surface area contributed by atoms with Gasteiger partial charge in [0.15, 0.2) is 5.16 Å². The molecule has 0 spiro atoms. The summed E-state index contributed by atoms with van der Waals surface area (Å²) in [5.41, 5.74) is 4.64. The van der Waals surface area contributed by atoms with Gasteiger partial charge in [0, 0.05) is 22.1 Å². The average molecular weight is 453 g/mol. The predicted octanol–water partition coefficient (Wildman–Crippen LogP) is 5.69. The molecule has 0 bridgehead atoms. The first kappa shape index (κ1) is 20.5. The maximum Gasteiger partial charge on any atom is 0.336 e. The van der Waals surface area contributed by atoms with Crippen LogP contribution in [0.3, 0.4) is 0 Å². The largest absolute Gasteiger partial charge is 0.423 e. The second-order valence-electron chi connectivity index (χ2n) is 8.50. The van der Waals surface area contributed by atoms with Crippen LogP contribution in [-0.4, -0.2) is 9.97 Å². The van der Waals surface area contributed by atoms with Gasteiger partial charge in [0.1, 0.15) is 10.4 Å². The molecule has 0 saturated heterocycles. The van der Waals surface area contributed by atoms with Crippen LogP contribution in [0.1, 0.15) is 59.7 Å². The fraction of sp³-hybridized carbons (Fsp3) is 0.375. The van der Waals surface area contributed by atoms with Gasteiger partial charge in [0.05, 0.1) is 5.39 Å². The molecule has 5 rings (SSSR count). The smallest absolute Gasteiger partial charge is 0.336 e. The third-order valence-electron chi connectivity index (χ3n) is 6.01.